The molecule has 2 unspecified atom stereocenters. The van der Waals surface area contributed by atoms with Crippen molar-refractivity contribution in [1.82, 2.24) is 0 Å². The van der Waals surface area contributed by atoms with Crippen LogP contribution in [-0.2, 0) is 10.1 Å². The smallest absolute Gasteiger partial charge is 0.748 e. The molecule has 6 heteroatoms. The number of aliphatic hydroxyl groups is 1. The van der Waals surface area contributed by atoms with Crippen LogP contribution in [0.2, 0.25) is 0 Å². The molecule has 0 fully saturated rings. The van der Waals surface area contributed by atoms with E-state index in [1.807, 2.05) is 0 Å². The number of hydrogen-bond donors (Lipinski definition) is 1. The van der Waals surface area contributed by atoms with E-state index in [9.17, 15) is 18.1 Å². The van der Waals surface area contributed by atoms with Crippen molar-refractivity contribution in [2.24, 2.45) is 0 Å². The first-order chi connectivity index (χ1) is 12.4. The Balaban J connectivity index is 0. The van der Waals surface area contributed by atoms with Gasteiger partial charge < -0.3 is 9.66 Å². The molecule has 1 N–H and O–H groups in total. The molecular formula is C21H43KO4S. The van der Waals surface area contributed by atoms with Crippen LogP contribution in [0.4, 0.5) is 0 Å². The minimum absolute atomic E-state index is 0. The fourth-order valence-corrected chi connectivity index (χ4v) is 3.78. The normalized spacial score (nSPS) is 13.9. The molecule has 0 aliphatic carbocycles. The summed E-state index contributed by atoms with van der Waals surface area (Å²) in [6.45, 7) is 3.74. The van der Waals surface area contributed by atoms with E-state index in [2.05, 4.69) is 6.92 Å². The van der Waals surface area contributed by atoms with Crippen molar-refractivity contribution >= 4 is 10.1 Å². The minimum Gasteiger partial charge on any atom is -0.748 e. The molecule has 27 heavy (non-hydrogen) atoms. The first-order valence-electron chi connectivity index (χ1n) is 11.0. The molecule has 0 spiro atoms. The first-order valence-corrected chi connectivity index (χ1v) is 12.5. The summed E-state index contributed by atoms with van der Waals surface area (Å²) in [7, 11) is -4.11. The zero-order chi connectivity index (χ0) is 19.7. The number of aliphatic hydroxyl groups excluding tert-OH is 1. The molecule has 0 aromatic heterocycles. The van der Waals surface area contributed by atoms with E-state index in [4.69, 9.17) is 0 Å². The Labute approximate surface area is 211 Å². The summed E-state index contributed by atoms with van der Waals surface area (Å²) in [5.41, 5.74) is 0. The quantitative estimate of drug-likeness (QED) is 0.194. The Morgan fingerprint density at radius 2 is 1.04 bits per heavy atom. The van der Waals surface area contributed by atoms with Crippen molar-refractivity contribution in [1.29, 1.82) is 0 Å². The van der Waals surface area contributed by atoms with E-state index in [0.717, 1.165) is 57.8 Å². The molecule has 0 rings (SSSR count). The second kappa shape index (κ2) is 20.8. The van der Waals surface area contributed by atoms with Gasteiger partial charge in [-0.05, 0) is 26.2 Å². The van der Waals surface area contributed by atoms with Gasteiger partial charge in [0, 0.05) is 5.25 Å². The molecule has 0 aromatic rings. The molecule has 158 valence electrons. The average Bonchev–Trinajstić information content (AvgIpc) is 2.58. The minimum atomic E-state index is -4.11. The third-order valence-electron chi connectivity index (χ3n) is 5.28. The summed E-state index contributed by atoms with van der Waals surface area (Å²) in [5.74, 6) is 0. The predicted octanol–water partition coefficient (Wildman–Crippen LogP) is 2.94. The SMILES string of the molecule is CCCCCCCCCCC(O)CCCCCCCCC(C)S(=O)(=O)[O-].[K+]. The summed E-state index contributed by atoms with van der Waals surface area (Å²) < 4.78 is 32.4. The Bertz CT molecular complexity index is 401. The maximum atomic E-state index is 10.8. The number of hydrogen-bond acceptors (Lipinski definition) is 4. The maximum Gasteiger partial charge on any atom is 1.00 e. The fraction of sp³-hybridized carbons (Fsp3) is 1.00. The predicted molar refractivity (Wildman–Crippen MR) is 109 cm³/mol. The number of rotatable bonds is 19. The third-order valence-corrected chi connectivity index (χ3v) is 6.50. The summed E-state index contributed by atoms with van der Waals surface area (Å²) in [6, 6.07) is 0. The Hall–Kier alpha value is 1.51. The van der Waals surface area contributed by atoms with Crippen LogP contribution in [0.1, 0.15) is 123 Å². The van der Waals surface area contributed by atoms with Crippen molar-refractivity contribution in [2.45, 2.75) is 134 Å². The van der Waals surface area contributed by atoms with Crippen molar-refractivity contribution in [2.75, 3.05) is 0 Å². The average molecular weight is 431 g/mol. The number of unbranched alkanes of at least 4 members (excludes halogenated alkanes) is 12. The zero-order valence-corrected chi connectivity index (χ0v) is 22.2. The van der Waals surface area contributed by atoms with Gasteiger partial charge in [-0.15, -0.1) is 0 Å². The van der Waals surface area contributed by atoms with Crippen LogP contribution in [0.25, 0.3) is 0 Å². The molecule has 0 heterocycles. The molecule has 0 radical (unpaired) electrons. The van der Waals surface area contributed by atoms with Crippen molar-refractivity contribution < 1.29 is 69.5 Å². The van der Waals surface area contributed by atoms with Crippen LogP contribution < -0.4 is 51.4 Å². The van der Waals surface area contributed by atoms with Crippen LogP contribution in [-0.4, -0.2) is 29.4 Å². The van der Waals surface area contributed by atoms with Crippen LogP contribution in [0, 0.1) is 0 Å². The Morgan fingerprint density at radius 3 is 1.41 bits per heavy atom. The zero-order valence-electron chi connectivity index (χ0n) is 18.3. The van der Waals surface area contributed by atoms with Gasteiger partial charge >= 0.3 is 51.4 Å². The largest absolute Gasteiger partial charge is 1.00 e. The van der Waals surface area contributed by atoms with Crippen LogP contribution in [0.5, 0.6) is 0 Å². The Kier molecular flexibility index (Phi) is 23.6. The Morgan fingerprint density at radius 1 is 0.704 bits per heavy atom. The van der Waals surface area contributed by atoms with Gasteiger partial charge in [0.05, 0.1) is 16.2 Å². The molecule has 0 saturated carbocycles. The van der Waals surface area contributed by atoms with E-state index < -0.39 is 15.4 Å². The second-order valence-electron chi connectivity index (χ2n) is 7.92. The van der Waals surface area contributed by atoms with Crippen LogP contribution in [0.3, 0.4) is 0 Å². The van der Waals surface area contributed by atoms with E-state index in [-0.39, 0.29) is 57.5 Å². The van der Waals surface area contributed by atoms with Gasteiger partial charge in [0.15, 0.2) is 0 Å². The van der Waals surface area contributed by atoms with Gasteiger partial charge in [0.1, 0.15) is 0 Å². The van der Waals surface area contributed by atoms with Crippen molar-refractivity contribution in [3.05, 3.63) is 0 Å². The van der Waals surface area contributed by atoms with Crippen LogP contribution >= 0.6 is 0 Å². The van der Waals surface area contributed by atoms with E-state index in [0.29, 0.717) is 6.42 Å². The molecule has 0 amide bonds. The first kappa shape index (κ1) is 30.7. The molecule has 0 saturated heterocycles. The van der Waals surface area contributed by atoms with E-state index in [1.54, 1.807) is 0 Å². The maximum absolute atomic E-state index is 10.8. The van der Waals surface area contributed by atoms with Crippen molar-refractivity contribution in [3.63, 3.8) is 0 Å². The van der Waals surface area contributed by atoms with Gasteiger partial charge in [0.25, 0.3) is 0 Å². The van der Waals surface area contributed by atoms with E-state index in [1.165, 1.54) is 51.9 Å². The molecule has 0 aliphatic heterocycles. The molecule has 2 atom stereocenters. The molecular weight excluding hydrogens is 387 g/mol. The topological polar surface area (TPSA) is 77.4 Å². The fourth-order valence-electron chi connectivity index (χ4n) is 3.32. The summed E-state index contributed by atoms with van der Waals surface area (Å²) >= 11 is 0. The molecule has 4 nitrogen and oxygen atoms in total. The summed E-state index contributed by atoms with van der Waals surface area (Å²) in [5, 5.41) is 9.26. The van der Waals surface area contributed by atoms with Crippen molar-refractivity contribution in [3.8, 4) is 0 Å². The van der Waals surface area contributed by atoms with Gasteiger partial charge in [-0.1, -0.05) is 96.8 Å². The monoisotopic (exact) mass is 430 g/mol. The molecule has 0 bridgehead atoms. The van der Waals surface area contributed by atoms with E-state index >= 15 is 0 Å². The second-order valence-corrected chi connectivity index (χ2v) is 9.71. The van der Waals surface area contributed by atoms with Crippen LogP contribution in [0.15, 0.2) is 0 Å². The third kappa shape index (κ3) is 22.0. The molecule has 0 aliphatic rings. The van der Waals surface area contributed by atoms with Gasteiger partial charge in [0.2, 0.25) is 0 Å². The summed E-state index contributed by atoms with van der Waals surface area (Å²) in [6.07, 6.45) is 18.8. The summed E-state index contributed by atoms with van der Waals surface area (Å²) in [4.78, 5) is 0. The van der Waals surface area contributed by atoms with Gasteiger partial charge in [-0.3, -0.25) is 0 Å². The molecule has 0 aromatic carbocycles. The van der Waals surface area contributed by atoms with Gasteiger partial charge in [-0.2, -0.15) is 0 Å². The van der Waals surface area contributed by atoms with Gasteiger partial charge in [-0.25, -0.2) is 8.42 Å². The standard InChI is InChI=1S/C21H44O4S.K/c1-3-4-5-6-7-8-12-15-18-21(22)19-16-13-10-9-11-14-17-20(2)26(23,24)25;/h20-22H,3-19H2,1-2H3,(H,23,24,25);/q;+1/p-1.